The molecule has 0 radical (unpaired) electrons. The molecule has 2 heterocycles. The molecule has 1 N–H and O–H groups in total. The van der Waals surface area contributed by atoms with Crippen LogP contribution in [0.5, 0.6) is 0 Å². The molecule has 1 aliphatic carbocycles. The minimum Gasteiger partial charge on any atom is -0.351 e. The van der Waals surface area contributed by atoms with E-state index < -0.39 is 15.4 Å². The number of rotatable bonds is 6. The molecular weight excluding hydrogens is 436 g/mol. The zero-order valence-corrected chi connectivity index (χ0v) is 20.3. The first-order valence-electron chi connectivity index (χ1n) is 11.1. The molecule has 0 amide bonds. The molecule has 1 fully saturated rings. The number of fused-ring (bicyclic) bond motifs is 1. The summed E-state index contributed by atoms with van der Waals surface area (Å²) < 4.78 is 27.1. The Morgan fingerprint density at radius 1 is 1.18 bits per heavy atom. The van der Waals surface area contributed by atoms with Crippen LogP contribution < -0.4 is 5.32 Å². The van der Waals surface area contributed by atoms with E-state index in [1.807, 2.05) is 54.9 Å². The van der Waals surface area contributed by atoms with Gasteiger partial charge >= 0.3 is 0 Å². The number of hydrogen-bond acceptors (Lipinski definition) is 6. The molecule has 0 saturated heterocycles. The van der Waals surface area contributed by atoms with Crippen molar-refractivity contribution in [1.82, 2.24) is 18.8 Å². The maximum atomic E-state index is 11.8. The average Bonchev–Trinajstić information content (AvgIpc) is 3.23. The largest absolute Gasteiger partial charge is 0.351 e. The van der Waals surface area contributed by atoms with Crippen molar-refractivity contribution >= 4 is 26.9 Å². The van der Waals surface area contributed by atoms with Gasteiger partial charge in [-0.25, -0.2) is 17.7 Å². The van der Waals surface area contributed by atoms with Crippen LogP contribution in [0.3, 0.4) is 0 Å². The molecular formula is C24H30N6O2S. The summed E-state index contributed by atoms with van der Waals surface area (Å²) in [7, 11) is -1.52. The van der Waals surface area contributed by atoms with Gasteiger partial charge < -0.3 is 9.88 Å². The van der Waals surface area contributed by atoms with Crippen LogP contribution in [0.2, 0.25) is 0 Å². The number of hydrogen-bond donors (Lipinski definition) is 1. The van der Waals surface area contributed by atoms with Crippen molar-refractivity contribution in [2.75, 3.05) is 18.6 Å². The van der Waals surface area contributed by atoms with E-state index in [4.69, 9.17) is 4.98 Å². The Bertz CT molecular complexity index is 1300. The predicted molar refractivity (Wildman–Crippen MR) is 130 cm³/mol. The van der Waals surface area contributed by atoms with Crippen LogP contribution in [0.1, 0.15) is 45.1 Å². The van der Waals surface area contributed by atoms with Crippen LogP contribution >= 0.6 is 0 Å². The Morgan fingerprint density at radius 3 is 2.58 bits per heavy atom. The maximum absolute atomic E-state index is 11.8. The van der Waals surface area contributed by atoms with Gasteiger partial charge in [0.05, 0.1) is 23.3 Å². The van der Waals surface area contributed by atoms with E-state index in [9.17, 15) is 13.7 Å². The Kier molecular flexibility index (Phi) is 6.16. The summed E-state index contributed by atoms with van der Waals surface area (Å²) in [5.41, 5.74) is 1.39. The summed E-state index contributed by atoms with van der Waals surface area (Å²) in [6.07, 6.45) is 8.30. The molecule has 0 unspecified atom stereocenters. The minimum absolute atomic E-state index is 0.0448. The van der Waals surface area contributed by atoms with Gasteiger partial charge in [0.1, 0.15) is 5.82 Å². The van der Waals surface area contributed by atoms with Crippen molar-refractivity contribution in [2.45, 2.75) is 57.0 Å². The van der Waals surface area contributed by atoms with E-state index in [2.05, 4.69) is 16.4 Å². The number of nitriles is 1. The zero-order valence-electron chi connectivity index (χ0n) is 19.5. The van der Waals surface area contributed by atoms with E-state index in [1.165, 1.54) is 10.6 Å². The quantitative estimate of drug-likeness (QED) is 0.592. The van der Waals surface area contributed by atoms with Gasteiger partial charge in [0, 0.05) is 36.9 Å². The topological polar surface area (TPSA) is 104 Å². The second-order valence-electron chi connectivity index (χ2n) is 9.33. The molecule has 1 aromatic carbocycles. The van der Waals surface area contributed by atoms with Crippen LogP contribution in [0.4, 0.5) is 5.95 Å². The number of sulfonamides is 1. The molecule has 4 rings (SSSR count). The van der Waals surface area contributed by atoms with Crippen LogP contribution in [0.15, 0.2) is 42.7 Å². The van der Waals surface area contributed by atoms with E-state index in [-0.39, 0.29) is 12.1 Å². The second-order valence-corrected chi connectivity index (χ2v) is 11.4. The summed E-state index contributed by atoms with van der Waals surface area (Å²) in [4.78, 5) is 9.14. The highest BCUT2D eigenvalue weighted by Crippen LogP contribution is 2.32. The Balaban J connectivity index is 1.52. The fourth-order valence-corrected chi connectivity index (χ4v) is 5.32. The average molecular weight is 467 g/mol. The van der Waals surface area contributed by atoms with Gasteiger partial charge in [-0.2, -0.15) is 10.2 Å². The van der Waals surface area contributed by atoms with Crippen LogP contribution in [-0.2, 0) is 15.4 Å². The monoisotopic (exact) mass is 466 g/mol. The summed E-state index contributed by atoms with van der Waals surface area (Å²) >= 11 is 0. The minimum atomic E-state index is -3.17. The third-order valence-electron chi connectivity index (χ3n) is 6.64. The van der Waals surface area contributed by atoms with Gasteiger partial charge in [-0.15, -0.1) is 0 Å². The Morgan fingerprint density at radius 2 is 1.91 bits per heavy atom. The first-order chi connectivity index (χ1) is 15.6. The Labute approximate surface area is 195 Å². The smallest absolute Gasteiger partial charge is 0.224 e. The standard InChI is InChI=1S/C24H30N6O2S/c1-24(2,16-25)20-6-5-7-21-19(20)13-15-30(21)22-12-14-26-23(28-22)27-17-8-10-18(11-9-17)29(3)33(4,31)32/h5-7,12-15,17-18H,8-11H2,1-4H3,(H,26,27,28)/t17-,18-. The summed E-state index contributed by atoms with van der Waals surface area (Å²) in [5, 5.41) is 14.1. The lowest BCUT2D eigenvalue weighted by molar-refractivity contribution is 0.276. The molecule has 0 spiro atoms. The highest BCUT2D eigenvalue weighted by atomic mass is 32.2. The SMILES string of the molecule is CN([C@H]1CC[C@H](Nc2nccc(-n3ccc4c(C(C)(C)C#N)cccc43)n2)CC1)S(C)(=O)=O. The Hall–Kier alpha value is -2.96. The van der Waals surface area contributed by atoms with Crippen molar-refractivity contribution in [2.24, 2.45) is 0 Å². The molecule has 9 heteroatoms. The van der Waals surface area contributed by atoms with Gasteiger partial charge in [0.25, 0.3) is 0 Å². The van der Waals surface area contributed by atoms with Crippen molar-refractivity contribution in [3.8, 4) is 11.9 Å². The lowest BCUT2D eigenvalue weighted by Gasteiger charge is -2.33. The second kappa shape index (κ2) is 8.76. The third-order valence-corrected chi connectivity index (χ3v) is 7.99. The van der Waals surface area contributed by atoms with Gasteiger partial charge in [-0.05, 0) is 63.3 Å². The molecule has 0 atom stereocenters. The highest BCUT2D eigenvalue weighted by molar-refractivity contribution is 7.88. The first-order valence-corrected chi connectivity index (χ1v) is 13.0. The lowest BCUT2D eigenvalue weighted by Crippen LogP contribution is -2.41. The molecule has 1 saturated carbocycles. The lowest BCUT2D eigenvalue weighted by atomic mass is 9.84. The molecule has 174 valence electrons. The van der Waals surface area contributed by atoms with Gasteiger partial charge in [0.2, 0.25) is 16.0 Å². The number of nitrogens with one attached hydrogen (secondary N) is 1. The van der Waals surface area contributed by atoms with E-state index in [0.29, 0.717) is 5.95 Å². The molecule has 8 nitrogen and oxygen atoms in total. The number of anilines is 1. The van der Waals surface area contributed by atoms with E-state index in [1.54, 1.807) is 13.2 Å². The normalized spacial score (nSPS) is 19.5. The van der Waals surface area contributed by atoms with Crippen molar-refractivity contribution in [1.29, 1.82) is 5.26 Å². The number of nitrogens with zero attached hydrogens (tertiary/aromatic N) is 5. The van der Waals surface area contributed by atoms with Crippen molar-refractivity contribution in [3.05, 3.63) is 48.3 Å². The molecule has 33 heavy (non-hydrogen) atoms. The molecule has 1 aliphatic rings. The molecule has 0 bridgehead atoms. The maximum Gasteiger partial charge on any atom is 0.224 e. The fourth-order valence-electron chi connectivity index (χ4n) is 4.56. The van der Waals surface area contributed by atoms with Gasteiger partial charge in [-0.3, -0.25) is 0 Å². The summed E-state index contributed by atoms with van der Waals surface area (Å²) in [6, 6.07) is 12.5. The fraction of sp³-hybridized carbons (Fsp3) is 0.458. The summed E-state index contributed by atoms with van der Waals surface area (Å²) in [5.74, 6) is 1.31. The predicted octanol–water partition coefficient (Wildman–Crippen LogP) is 3.84. The highest BCUT2D eigenvalue weighted by Gasteiger charge is 2.28. The van der Waals surface area contributed by atoms with E-state index in [0.717, 1.165) is 48.0 Å². The number of aromatic nitrogens is 3. The number of benzene rings is 1. The van der Waals surface area contributed by atoms with Crippen molar-refractivity contribution < 1.29 is 8.42 Å². The zero-order chi connectivity index (χ0) is 23.8. The van der Waals surface area contributed by atoms with Crippen LogP contribution in [-0.4, -0.2) is 52.6 Å². The summed E-state index contributed by atoms with van der Waals surface area (Å²) in [6.45, 7) is 3.85. The first kappa shape index (κ1) is 23.2. The van der Waals surface area contributed by atoms with Crippen LogP contribution in [0.25, 0.3) is 16.7 Å². The van der Waals surface area contributed by atoms with Crippen LogP contribution in [0, 0.1) is 11.3 Å². The van der Waals surface area contributed by atoms with Gasteiger partial charge in [0.15, 0.2) is 0 Å². The third kappa shape index (κ3) is 4.72. The molecule has 3 aromatic rings. The van der Waals surface area contributed by atoms with E-state index >= 15 is 0 Å². The van der Waals surface area contributed by atoms with Crippen molar-refractivity contribution in [3.63, 3.8) is 0 Å². The van der Waals surface area contributed by atoms with Gasteiger partial charge in [-0.1, -0.05) is 12.1 Å². The molecule has 0 aliphatic heterocycles. The molecule has 2 aromatic heterocycles.